The van der Waals surface area contributed by atoms with Gasteiger partial charge < -0.3 is 10.6 Å². The van der Waals surface area contributed by atoms with Gasteiger partial charge >= 0.3 is 0 Å². The van der Waals surface area contributed by atoms with Crippen LogP contribution in [0, 0.1) is 0 Å². The first-order valence-corrected chi connectivity index (χ1v) is 7.70. The second-order valence-corrected chi connectivity index (χ2v) is 5.98. The molecule has 100 valence electrons. The molecule has 1 saturated heterocycles. The number of thiophene rings is 1. The van der Waals surface area contributed by atoms with Crippen molar-refractivity contribution in [2.24, 2.45) is 0 Å². The zero-order chi connectivity index (χ0) is 12.8. The molecule has 1 aromatic rings. The van der Waals surface area contributed by atoms with Crippen molar-refractivity contribution >= 4 is 17.2 Å². The maximum absolute atomic E-state index is 12.3. The third kappa shape index (κ3) is 3.12. The molecule has 0 aromatic carbocycles. The van der Waals surface area contributed by atoms with E-state index in [1.165, 1.54) is 4.88 Å². The van der Waals surface area contributed by atoms with Gasteiger partial charge in [-0.1, -0.05) is 19.4 Å². The minimum Gasteiger partial charge on any atom is -0.354 e. The van der Waals surface area contributed by atoms with Crippen molar-refractivity contribution in [1.82, 2.24) is 10.6 Å². The van der Waals surface area contributed by atoms with Gasteiger partial charge in [0.25, 0.3) is 0 Å². The molecule has 0 saturated carbocycles. The Balaban J connectivity index is 1.82. The van der Waals surface area contributed by atoms with Gasteiger partial charge in [0.15, 0.2) is 0 Å². The Morgan fingerprint density at radius 2 is 2.50 bits per heavy atom. The fraction of sp³-hybridized carbons (Fsp3) is 0.643. The molecule has 1 fully saturated rings. The fourth-order valence-electron chi connectivity index (χ4n) is 2.68. The number of carbonyl (C=O) groups is 1. The summed E-state index contributed by atoms with van der Waals surface area (Å²) in [5.41, 5.74) is -0.288. The molecule has 2 rings (SSSR count). The summed E-state index contributed by atoms with van der Waals surface area (Å²) in [5.74, 6) is 0.193. The predicted octanol–water partition coefficient (Wildman–Crippen LogP) is 2.33. The van der Waals surface area contributed by atoms with Gasteiger partial charge in [-0.15, -0.1) is 11.3 Å². The molecule has 0 aliphatic carbocycles. The highest BCUT2D eigenvalue weighted by atomic mass is 32.1. The lowest BCUT2D eigenvalue weighted by Crippen LogP contribution is -2.53. The van der Waals surface area contributed by atoms with E-state index in [1.54, 1.807) is 11.3 Å². The number of nitrogens with one attached hydrogen (secondary N) is 2. The van der Waals surface area contributed by atoms with E-state index in [4.69, 9.17) is 0 Å². The Morgan fingerprint density at radius 3 is 3.11 bits per heavy atom. The molecule has 0 spiro atoms. The molecule has 3 nitrogen and oxygen atoms in total. The van der Waals surface area contributed by atoms with E-state index in [0.717, 1.165) is 45.2 Å². The van der Waals surface area contributed by atoms with Gasteiger partial charge in [-0.25, -0.2) is 0 Å². The minimum absolute atomic E-state index is 0.193. The molecule has 18 heavy (non-hydrogen) atoms. The molecule has 1 amide bonds. The van der Waals surface area contributed by atoms with Crippen molar-refractivity contribution in [2.75, 3.05) is 13.1 Å². The number of hydrogen-bond donors (Lipinski definition) is 2. The highest BCUT2D eigenvalue weighted by molar-refractivity contribution is 7.09. The first kappa shape index (κ1) is 13.6. The zero-order valence-corrected chi connectivity index (χ0v) is 11.8. The summed E-state index contributed by atoms with van der Waals surface area (Å²) in [4.78, 5) is 13.6. The van der Waals surface area contributed by atoms with Crippen LogP contribution >= 0.6 is 11.3 Å². The summed E-state index contributed by atoms with van der Waals surface area (Å²) in [6.07, 6.45) is 5.01. The summed E-state index contributed by atoms with van der Waals surface area (Å²) in [7, 11) is 0. The second kappa shape index (κ2) is 6.34. The molecule has 0 radical (unpaired) electrons. The Morgan fingerprint density at radius 1 is 1.61 bits per heavy atom. The Labute approximate surface area is 113 Å². The lowest BCUT2D eigenvalue weighted by atomic mass is 9.91. The average molecular weight is 266 g/mol. The van der Waals surface area contributed by atoms with Crippen LogP contribution in [0.2, 0.25) is 0 Å². The van der Waals surface area contributed by atoms with E-state index < -0.39 is 0 Å². The van der Waals surface area contributed by atoms with E-state index in [0.29, 0.717) is 0 Å². The minimum atomic E-state index is -0.288. The van der Waals surface area contributed by atoms with Gasteiger partial charge in [0.1, 0.15) is 0 Å². The third-order valence-corrected chi connectivity index (χ3v) is 4.53. The van der Waals surface area contributed by atoms with Crippen LogP contribution in [-0.4, -0.2) is 24.5 Å². The summed E-state index contributed by atoms with van der Waals surface area (Å²) < 4.78 is 0. The Hall–Kier alpha value is -0.870. The van der Waals surface area contributed by atoms with Crippen molar-refractivity contribution in [2.45, 2.75) is 44.6 Å². The fourth-order valence-corrected chi connectivity index (χ4v) is 3.39. The van der Waals surface area contributed by atoms with Crippen LogP contribution in [-0.2, 0) is 11.2 Å². The van der Waals surface area contributed by atoms with E-state index in [1.807, 2.05) is 0 Å². The molecular weight excluding hydrogens is 244 g/mol. The second-order valence-electron chi connectivity index (χ2n) is 4.95. The molecule has 0 bridgehead atoms. The van der Waals surface area contributed by atoms with Crippen molar-refractivity contribution < 1.29 is 4.79 Å². The molecule has 2 N–H and O–H groups in total. The third-order valence-electron chi connectivity index (χ3n) is 3.59. The van der Waals surface area contributed by atoms with Gasteiger partial charge in [0, 0.05) is 11.4 Å². The highest BCUT2D eigenvalue weighted by Gasteiger charge is 2.39. The molecule has 2 heterocycles. The summed E-state index contributed by atoms with van der Waals surface area (Å²) >= 11 is 1.75. The van der Waals surface area contributed by atoms with Crippen LogP contribution in [0.25, 0.3) is 0 Å². The Kier molecular flexibility index (Phi) is 4.78. The van der Waals surface area contributed by atoms with Crippen LogP contribution in [0.15, 0.2) is 17.5 Å². The lowest BCUT2D eigenvalue weighted by molar-refractivity contribution is -0.127. The van der Waals surface area contributed by atoms with E-state index in [-0.39, 0.29) is 11.4 Å². The van der Waals surface area contributed by atoms with Crippen LogP contribution in [0.3, 0.4) is 0 Å². The normalized spacial score (nSPS) is 23.2. The largest absolute Gasteiger partial charge is 0.354 e. The molecule has 4 heteroatoms. The van der Waals surface area contributed by atoms with Gasteiger partial charge in [-0.3, -0.25) is 4.79 Å². The smallest absolute Gasteiger partial charge is 0.240 e. The van der Waals surface area contributed by atoms with E-state index >= 15 is 0 Å². The number of carbonyl (C=O) groups excluding carboxylic acids is 1. The maximum atomic E-state index is 12.3. The van der Waals surface area contributed by atoms with Crippen molar-refractivity contribution in [1.29, 1.82) is 0 Å². The van der Waals surface area contributed by atoms with Crippen LogP contribution in [0.4, 0.5) is 0 Å². The highest BCUT2D eigenvalue weighted by Crippen LogP contribution is 2.24. The van der Waals surface area contributed by atoms with Crippen molar-refractivity contribution in [3.63, 3.8) is 0 Å². The lowest BCUT2D eigenvalue weighted by Gasteiger charge is -2.27. The van der Waals surface area contributed by atoms with Gasteiger partial charge in [0.2, 0.25) is 5.91 Å². The molecule has 1 aromatic heterocycles. The first-order chi connectivity index (χ1) is 8.77. The predicted molar refractivity (Wildman–Crippen MR) is 75.9 cm³/mol. The van der Waals surface area contributed by atoms with Crippen molar-refractivity contribution in [3.05, 3.63) is 22.4 Å². The summed E-state index contributed by atoms with van der Waals surface area (Å²) in [6, 6.07) is 4.17. The molecule has 1 aliphatic rings. The summed E-state index contributed by atoms with van der Waals surface area (Å²) in [5, 5.41) is 8.58. The SMILES string of the molecule is CCCC1(C(=O)NCCc2cccs2)CCCN1. The van der Waals surface area contributed by atoms with Crippen molar-refractivity contribution in [3.8, 4) is 0 Å². The average Bonchev–Trinajstić information content (AvgIpc) is 3.01. The topological polar surface area (TPSA) is 41.1 Å². The van der Waals surface area contributed by atoms with E-state index in [2.05, 4.69) is 35.1 Å². The number of amides is 1. The maximum Gasteiger partial charge on any atom is 0.240 e. The molecular formula is C14H22N2OS. The summed E-state index contributed by atoms with van der Waals surface area (Å²) in [6.45, 7) is 3.85. The van der Waals surface area contributed by atoms with Crippen LogP contribution < -0.4 is 10.6 Å². The monoisotopic (exact) mass is 266 g/mol. The van der Waals surface area contributed by atoms with Crippen LogP contribution in [0.1, 0.15) is 37.5 Å². The van der Waals surface area contributed by atoms with Crippen LogP contribution in [0.5, 0.6) is 0 Å². The van der Waals surface area contributed by atoms with Gasteiger partial charge in [-0.2, -0.15) is 0 Å². The number of hydrogen-bond acceptors (Lipinski definition) is 3. The van der Waals surface area contributed by atoms with Gasteiger partial charge in [-0.05, 0) is 43.7 Å². The Bertz CT molecular complexity index is 369. The quantitative estimate of drug-likeness (QED) is 0.829. The van der Waals surface area contributed by atoms with Gasteiger partial charge in [0.05, 0.1) is 5.54 Å². The molecule has 1 unspecified atom stereocenters. The molecule has 1 aliphatic heterocycles. The number of rotatable bonds is 6. The first-order valence-electron chi connectivity index (χ1n) is 6.82. The molecule has 1 atom stereocenters. The zero-order valence-electron chi connectivity index (χ0n) is 11.0. The van der Waals surface area contributed by atoms with E-state index in [9.17, 15) is 4.79 Å². The standard InChI is InChI=1S/C14H22N2OS/c1-2-7-14(8-4-9-16-14)13(17)15-10-6-12-5-3-11-18-12/h3,5,11,16H,2,4,6-10H2,1H3,(H,15,17).